The third-order valence-electron chi connectivity index (χ3n) is 6.84. The first-order valence-corrected chi connectivity index (χ1v) is 9.90. The molecule has 1 atom stereocenters. The van der Waals surface area contributed by atoms with Crippen molar-refractivity contribution in [1.29, 1.82) is 0 Å². The third kappa shape index (κ3) is 1.91. The van der Waals surface area contributed by atoms with Gasteiger partial charge in [-0.3, -0.25) is 0 Å². The maximum atomic E-state index is 6.92. The molecule has 0 fully saturated rings. The van der Waals surface area contributed by atoms with Gasteiger partial charge in [-0.1, -0.05) is 62.4 Å². The monoisotopic (exact) mass is 355 g/mol. The van der Waals surface area contributed by atoms with Crippen LogP contribution in [0.15, 0.2) is 66.7 Å². The van der Waals surface area contributed by atoms with E-state index in [0.717, 1.165) is 18.6 Å². The molecular weight excluding hydrogens is 330 g/mol. The van der Waals surface area contributed by atoms with Gasteiger partial charge in [0.25, 0.3) is 0 Å². The summed E-state index contributed by atoms with van der Waals surface area (Å²) < 4.78 is 6.92. The summed E-state index contributed by atoms with van der Waals surface area (Å²) in [6.07, 6.45) is 6.63. The molecule has 5 rings (SSSR count). The van der Waals surface area contributed by atoms with Gasteiger partial charge in [0.15, 0.2) is 0 Å². The minimum absolute atomic E-state index is 0.0713. The summed E-state index contributed by atoms with van der Waals surface area (Å²) >= 11 is 0. The number of hydrogen-bond donors (Lipinski definition) is 0. The molecule has 0 radical (unpaired) electrons. The quantitative estimate of drug-likeness (QED) is 0.547. The van der Waals surface area contributed by atoms with Crippen molar-refractivity contribution in [3.8, 4) is 5.75 Å². The molecular formula is C25H25NO. The molecule has 3 aromatic rings. The van der Waals surface area contributed by atoms with E-state index in [1.807, 2.05) is 0 Å². The topological polar surface area (TPSA) is 12.5 Å². The summed E-state index contributed by atoms with van der Waals surface area (Å²) in [5.41, 5.74) is 3.29. The lowest BCUT2D eigenvalue weighted by Gasteiger charge is -2.48. The first-order valence-electron chi connectivity index (χ1n) is 9.90. The summed E-state index contributed by atoms with van der Waals surface area (Å²) in [6.45, 7) is 4.57. The molecule has 0 amide bonds. The zero-order chi connectivity index (χ0) is 18.6. The second-order valence-corrected chi connectivity index (χ2v) is 7.70. The van der Waals surface area contributed by atoms with Crippen LogP contribution in [0, 0.1) is 0 Å². The molecule has 136 valence electrons. The number of benzene rings is 3. The molecule has 0 N–H and O–H groups in total. The highest BCUT2D eigenvalue weighted by Gasteiger charge is 2.60. The van der Waals surface area contributed by atoms with Gasteiger partial charge in [-0.25, -0.2) is 0 Å². The number of ether oxygens (including phenoxy) is 1. The smallest absolute Gasteiger partial charge is 0.212 e. The van der Waals surface area contributed by atoms with E-state index < -0.39 is 5.72 Å². The molecule has 27 heavy (non-hydrogen) atoms. The highest BCUT2D eigenvalue weighted by Crippen LogP contribution is 2.57. The standard InChI is InChI=1S/C25H25NO/c1-4-24(5-2)21-12-8-9-13-22(21)26(3)25(24)17-16-20-19-11-7-6-10-18(19)14-15-23(20)27-25/h6-17H,4-5H2,1-3H3. The number of anilines is 1. The van der Waals surface area contributed by atoms with Crippen LogP contribution in [-0.2, 0) is 5.41 Å². The number of fused-ring (bicyclic) bond motifs is 4. The number of hydrogen-bond acceptors (Lipinski definition) is 2. The van der Waals surface area contributed by atoms with E-state index in [1.54, 1.807) is 0 Å². The molecule has 2 heterocycles. The normalized spacial score (nSPS) is 22.0. The van der Waals surface area contributed by atoms with Crippen LogP contribution in [0.4, 0.5) is 5.69 Å². The van der Waals surface area contributed by atoms with E-state index in [1.165, 1.54) is 27.6 Å². The van der Waals surface area contributed by atoms with Crippen molar-refractivity contribution in [2.24, 2.45) is 0 Å². The van der Waals surface area contributed by atoms with Crippen LogP contribution in [0.3, 0.4) is 0 Å². The summed E-state index contributed by atoms with van der Waals surface area (Å²) in [6, 6.07) is 21.6. The van der Waals surface area contributed by atoms with E-state index in [0.29, 0.717) is 0 Å². The number of likely N-dealkylation sites (N-methyl/N-ethyl adjacent to an activating group) is 1. The summed E-state index contributed by atoms with van der Waals surface area (Å²) in [7, 11) is 2.17. The fourth-order valence-electron chi connectivity index (χ4n) is 5.37. The summed E-state index contributed by atoms with van der Waals surface area (Å²) in [4.78, 5) is 2.34. The first-order chi connectivity index (χ1) is 13.2. The van der Waals surface area contributed by atoms with Gasteiger partial charge >= 0.3 is 0 Å². The van der Waals surface area contributed by atoms with Crippen LogP contribution in [0.1, 0.15) is 37.8 Å². The van der Waals surface area contributed by atoms with E-state index in [9.17, 15) is 0 Å². The number of nitrogens with zero attached hydrogens (tertiary/aromatic N) is 1. The minimum atomic E-state index is -0.490. The molecule has 2 nitrogen and oxygen atoms in total. The Labute approximate surface area is 161 Å². The lowest BCUT2D eigenvalue weighted by molar-refractivity contribution is 0.0349. The van der Waals surface area contributed by atoms with Crippen LogP contribution >= 0.6 is 0 Å². The van der Waals surface area contributed by atoms with E-state index in [-0.39, 0.29) is 5.41 Å². The van der Waals surface area contributed by atoms with Crippen LogP contribution in [0.2, 0.25) is 0 Å². The Balaban J connectivity index is 1.75. The molecule has 2 aliphatic heterocycles. The Bertz CT molecular complexity index is 1060. The lowest BCUT2D eigenvalue weighted by atomic mass is 9.69. The van der Waals surface area contributed by atoms with Crippen molar-refractivity contribution in [2.45, 2.75) is 37.8 Å². The Morgan fingerprint density at radius 3 is 2.44 bits per heavy atom. The highest BCUT2D eigenvalue weighted by molar-refractivity contribution is 5.94. The van der Waals surface area contributed by atoms with Crippen molar-refractivity contribution >= 4 is 22.5 Å². The van der Waals surface area contributed by atoms with Gasteiger partial charge in [0, 0.05) is 18.3 Å². The van der Waals surface area contributed by atoms with Gasteiger partial charge in [-0.05, 0) is 53.5 Å². The van der Waals surface area contributed by atoms with Crippen molar-refractivity contribution in [3.63, 3.8) is 0 Å². The highest BCUT2D eigenvalue weighted by atomic mass is 16.5. The second kappa shape index (κ2) is 5.63. The Morgan fingerprint density at radius 1 is 0.889 bits per heavy atom. The molecule has 0 aliphatic carbocycles. The Morgan fingerprint density at radius 2 is 1.63 bits per heavy atom. The van der Waals surface area contributed by atoms with E-state index in [2.05, 4.69) is 98.6 Å². The molecule has 3 aromatic carbocycles. The van der Waals surface area contributed by atoms with Gasteiger partial charge in [0.2, 0.25) is 5.72 Å². The van der Waals surface area contributed by atoms with Gasteiger partial charge < -0.3 is 9.64 Å². The molecule has 0 saturated heterocycles. The molecule has 1 spiro atoms. The zero-order valence-corrected chi connectivity index (χ0v) is 16.2. The van der Waals surface area contributed by atoms with Gasteiger partial charge in [-0.2, -0.15) is 0 Å². The average molecular weight is 355 g/mol. The molecule has 2 aliphatic rings. The molecule has 0 aromatic heterocycles. The maximum absolute atomic E-state index is 6.92. The van der Waals surface area contributed by atoms with Crippen LogP contribution in [0.5, 0.6) is 5.75 Å². The molecule has 2 heteroatoms. The van der Waals surface area contributed by atoms with Gasteiger partial charge in [0.1, 0.15) is 5.75 Å². The number of rotatable bonds is 2. The van der Waals surface area contributed by atoms with Crippen molar-refractivity contribution in [3.05, 3.63) is 77.9 Å². The first kappa shape index (κ1) is 16.4. The maximum Gasteiger partial charge on any atom is 0.212 e. The summed E-state index contributed by atoms with van der Waals surface area (Å²) in [5.74, 6) is 0.974. The zero-order valence-electron chi connectivity index (χ0n) is 16.2. The Hall–Kier alpha value is -2.74. The molecule has 0 saturated carbocycles. The molecule has 1 unspecified atom stereocenters. The fraction of sp³-hybridized carbons (Fsp3) is 0.280. The third-order valence-corrected chi connectivity index (χ3v) is 6.84. The minimum Gasteiger partial charge on any atom is -0.463 e. The van der Waals surface area contributed by atoms with Crippen LogP contribution < -0.4 is 9.64 Å². The average Bonchev–Trinajstić information content (AvgIpc) is 2.93. The van der Waals surface area contributed by atoms with Crippen molar-refractivity contribution < 1.29 is 4.74 Å². The largest absolute Gasteiger partial charge is 0.463 e. The van der Waals surface area contributed by atoms with Crippen molar-refractivity contribution in [2.75, 3.05) is 11.9 Å². The predicted molar refractivity (Wildman–Crippen MR) is 113 cm³/mol. The SMILES string of the molecule is CCC1(CC)c2ccccc2N(C)C12C=Cc1c(ccc3ccccc13)O2. The number of para-hydroxylation sites is 1. The second-order valence-electron chi connectivity index (χ2n) is 7.70. The van der Waals surface area contributed by atoms with E-state index >= 15 is 0 Å². The Kier molecular flexibility index (Phi) is 3.42. The van der Waals surface area contributed by atoms with Gasteiger partial charge in [0.05, 0.1) is 5.41 Å². The van der Waals surface area contributed by atoms with E-state index in [4.69, 9.17) is 4.74 Å². The lowest BCUT2D eigenvalue weighted by Crippen LogP contribution is -2.60. The molecule has 0 bridgehead atoms. The predicted octanol–water partition coefficient (Wildman–Crippen LogP) is 6.15. The van der Waals surface area contributed by atoms with Crippen LogP contribution in [0.25, 0.3) is 16.8 Å². The summed E-state index contributed by atoms with van der Waals surface area (Å²) in [5, 5.41) is 2.50. The van der Waals surface area contributed by atoms with Gasteiger partial charge in [-0.15, -0.1) is 0 Å². The fourth-order valence-corrected chi connectivity index (χ4v) is 5.37. The van der Waals surface area contributed by atoms with Crippen molar-refractivity contribution in [1.82, 2.24) is 0 Å². The van der Waals surface area contributed by atoms with Crippen LogP contribution in [-0.4, -0.2) is 12.8 Å².